The molecule has 2 heterocycles. The lowest BCUT2D eigenvalue weighted by Gasteiger charge is -2.32. The molecule has 0 bridgehead atoms. The highest BCUT2D eigenvalue weighted by Crippen LogP contribution is 2.18. The van der Waals surface area contributed by atoms with Gasteiger partial charge in [-0.3, -0.25) is 4.90 Å². The van der Waals surface area contributed by atoms with E-state index in [1.165, 1.54) is 17.5 Å². The molecule has 0 amide bonds. The average molecular weight is 246 g/mol. The van der Waals surface area contributed by atoms with Crippen LogP contribution in [0.25, 0.3) is 0 Å². The van der Waals surface area contributed by atoms with Crippen molar-refractivity contribution in [3.05, 3.63) is 35.4 Å². The molecule has 0 radical (unpaired) electrons. The molecule has 1 saturated heterocycles. The maximum absolute atomic E-state index is 5.46. The third kappa shape index (κ3) is 2.58. The Bertz CT molecular complexity index is 401. The van der Waals surface area contributed by atoms with E-state index in [2.05, 4.69) is 41.5 Å². The molecule has 0 aliphatic carbocycles. The zero-order valence-corrected chi connectivity index (χ0v) is 11.1. The van der Waals surface area contributed by atoms with E-state index in [1.54, 1.807) is 0 Å². The predicted octanol–water partition coefficient (Wildman–Crippen LogP) is 1.42. The van der Waals surface area contributed by atoms with E-state index in [0.29, 0.717) is 12.1 Å². The summed E-state index contributed by atoms with van der Waals surface area (Å²) in [6.45, 7) is 3.95. The lowest BCUT2D eigenvalue weighted by Crippen LogP contribution is -2.46. The van der Waals surface area contributed by atoms with Crippen molar-refractivity contribution < 1.29 is 4.74 Å². The van der Waals surface area contributed by atoms with Crippen LogP contribution in [0, 0.1) is 0 Å². The summed E-state index contributed by atoms with van der Waals surface area (Å²) in [6.07, 6.45) is 2.33. The van der Waals surface area contributed by atoms with E-state index in [0.717, 1.165) is 32.7 Å². The Hall–Kier alpha value is -0.900. The van der Waals surface area contributed by atoms with Crippen LogP contribution in [0.15, 0.2) is 24.3 Å². The quantitative estimate of drug-likeness (QED) is 0.873. The summed E-state index contributed by atoms with van der Waals surface area (Å²) in [5.41, 5.74) is 2.97. The minimum atomic E-state index is 0.575. The summed E-state index contributed by atoms with van der Waals surface area (Å²) in [4.78, 5) is 2.46. The summed E-state index contributed by atoms with van der Waals surface area (Å²) in [6, 6.07) is 9.96. The monoisotopic (exact) mass is 246 g/mol. The van der Waals surface area contributed by atoms with Gasteiger partial charge in [0.1, 0.15) is 0 Å². The number of nitrogens with zero attached hydrogens (tertiary/aromatic N) is 1. The van der Waals surface area contributed by atoms with Crippen LogP contribution in [-0.2, 0) is 17.7 Å². The van der Waals surface area contributed by atoms with E-state index < -0.39 is 0 Å². The lowest BCUT2D eigenvalue weighted by atomic mass is 9.95. The summed E-state index contributed by atoms with van der Waals surface area (Å²) < 4.78 is 5.46. The van der Waals surface area contributed by atoms with Gasteiger partial charge in [0.15, 0.2) is 0 Å². The minimum absolute atomic E-state index is 0.575. The molecule has 2 unspecified atom stereocenters. The van der Waals surface area contributed by atoms with Gasteiger partial charge >= 0.3 is 0 Å². The lowest BCUT2D eigenvalue weighted by molar-refractivity contribution is 0.152. The molecule has 1 aromatic rings. The number of hydrogen-bond acceptors (Lipinski definition) is 3. The highest BCUT2D eigenvalue weighted by molar-refractivity contribution is 5.29. The van der Waals surface area contributed by atoms with E-state index >= 15 is 0 Å². The highest BCUT2D eigenvalue weighted by atomic mass is 16.5. The smallest absolute Gasteiger partial charge is 0.0622 e. The van der Waals surface area contributed by atoms with E-state index in [1.807, 2.05) is 0 Å². The van der Waals surface area contributed by atoms with Gasteiger partial charge in [-0.05, 0) is 31.0 Å². The van der Waals surface area contributed by atoms with Gasteiger partial charge in [0, 0.05) is 31.8 Å². The normalized spacial score (nSPS) is 27.4. The molecule has 2 aliphatic heterocycles. The molecular weight excluding hydrogens is 224 g/mol. The number of ether oxygens (including phenoxy) is 1. The first-order chi connectivity index (χ1) is 8.83. The van der Waals surface area contributed by atoms with Crippen molar-refractivity contribution in [1.82, 2.24) is 10.2 Å². The van der Waals surface area contributed by atoms with Gasteiger partial charge in [-0.15, -0.1) is 0 Å². The van der Waals surface area contributed by atoms with Crippen LogP contribution < -0.4 is 5.32 Å². The molecule has 0 spiro atoms. The summed E-state index contributed by atoms with van der Waals surface area (Å²) in [5.74, 6) is 0. The van der Waals surface area contributed by atoms with Crippen LogP contribution in [0.2, 0.25) is 0 Å². The molecule has 18 heavy (non-hydrogen) atoms. The molecule has 1 aromatic carbocycles. The topological polar surface area (TPSA) is 24.5 Å². The van der Waals surface area contributed by atoms with Crippen molar-refractivity contribution in [3.63, 3.8) is 0 Å². The van der Waals surface area contributed by atoms with Crippen molar-refractivity contribution in [2.24, 2.45) is 0 Å². The fraction of sp³-hybridized carbons (Fsp3) is 0.600. The molecular formula is C15H22N2O. The second kappa shape index (κ2) is 5.39. The zero-order valence-electron chi connectivity index (χ0n) is 11.1. The number of benzene rings is 1. The Labute approximate surface area is 109 Å². The third-order valence-electron chi connectivity index (χ3n) is 4.20. The predicted molar refractivity (Wildman–Crippen MR) is 72.6 cm³/mol. The minimum Gasteiger partial charge on any atom is -0.380 e. The van der Waals surface area contributed by atoms with Crippen molar-refractivity contribution >= 4 is 0 Å². The van der Waals surface area contributed by atoms with Gasteiger partial charge in [0.2, 0.25) is 0 Å². The molecule has 3 nitrogen and oxygen atoms in total. The molecule has 98 valence electrons. The molecule has 1 N–H and O–H groups in total. The SMILES string of the molecule is CN(CC1Cc2ccccc2CN1)C1CCOC1. The van der Waals surface area contributed by atoms with Crippen LogP contribution >= 0.6 is 0 Å². The summed E-state index contributed by atoms with van der Waals surface area (Å²) >= 11 is 0. The zero-order chi connectivity index (χ0) is 12.4. The fourth-order valence-electron chi connectivity index (χ4n) is 3.02. The van der Waals surface area contributed by atoms with Crippen LogP contribution in [0.5, 0.6) is 0 Å². The molecule has 3 heteroatoms. The van der Waals surface area contributed by atoms with Crippen molar-refractivity contribution in [2.75, 3.05) is 26.8 Å². The number of nitrogens with one attached hydrogen (secondary N) is 1. The molecule has 0 saturated carbocycles. The van der Waals surface area contributed by atoms with Crippen LogP contribution in [0.3, 0.4) is 0 Å². The highest BCUT2D eigenvalue weighted by Gasteiger charge is 2.24. The second-order valence-electron chi connectivity index (χ2n) is 5.51. The Balaban J connectivity index is 1.59. The Morgan fingerprint density at radius 3 is 2.94 bits per heavy atom. The third-order valence-corrected chi connectivity index (χ3v) is 4.20. The van der Waals surface area contributed by atoms with Crippen molar-refractivity contribution in [3.8, 4) is 0 Å². The fourth-order valence-corrected chi connectivity index (χ4v) is 3.02. The maximum Gasteiger partial charge on any atom is 0.0622 e. The summed E-state index contributed by atoms with van der Waals surface area (Å²) in [5, 5.41) is 3.65. The molecule has 3 rings (SSSR count). The molecule has 2 atom stereocenters. The van der Waals surface area contributed by atoms with Gasteiger partial charge in [-0.2, -0.15) is 0 Å². The van der Waals surface area contributed by atoms with Crippen molar-refractivity contribution in [2.45, 2.75) is 31.5 Å². The second-order valence-corrected chi connectivity index (χ2v) is 5.51. The standard InChI is InChI=1S/C15H22N2O/c1-17(15-6-7-18-11-15)10-14-8-12-4-2-3-5-13(12)9-16-14/h2-5,14-16H,6-11H2,1H3. The molecule has 2 aliphatic rings. The van der Waals surface area contributed by atoms with Crippen LogP contribution in [-0.4, -0.2) is 43.8 Å². The van der Waals surface area contributed by atoms with E-state index in [4.69, 9.17) is 4.74 Å². The van der Waals surface area contributed by atoms with Gasteiger partial charge < -0.3 is 10.1 Å². The first kappa shape index (κ1) is 12.2. The molecule has 0 aromatic heterocycles. The Morgan fingerprint density at radius 2 is 2.17 bits per heavy atom. The summed E-state index contributed by atoms with van der Waals surface area (Å²) in [7, 11) is 2.22. The Morgan fingerprint density at radius 1 is 1.33 bits per heavy atom. The number of hydrogen-bond donors (Lipinski definition) is 1. The van der Waals surface area contributed by atoms with E-state index in [-0.39, 0.29) is 0 Å². The first-order valence-electron chi connectivity index (χ1n) is 6.91. The first-order valence-corrected chi connectivity index (χ1v) is 6.91. The molecule has 1 fully saturated rings. The van der Waals surface area contributed by atoms with Crippen LogP contribution in [0.4, 0.5) is 0 Å². The maximum atomic E-state index is 5.46. The van der Waals surface area contributed by atoms with Gasteiger partial charge in [-0.1, -0.05) is 24.3 Å². The largest absolute Gasteiger partial charge is 0.380 e. The number of fused-ring (bicyclic) bond motifs is 1. The number of rotatable bonds is 3. The average Bonchev–Trinajstić information content (AvgIpc) is 2.92. The van der Waals surface area contributed by atoms with Gasteiger partial charge in [0.05, 0.1) is 6.61 Å². The van der Waals surface area contributed by atoms with Gasteiger partial charge in [-0.25, -0.2) is 0 Å². The van der Waals surface area contributed by atoms with Crippen molar-refractivity contribution in [1.29, 1.82) is 0 Å². The Kier molecular flexibility index (Phi) is 3.64. The number of likely N-dealkylation sites (N-methyl/N-ethyl adjacent to an activating group) is 1. The van der Waals surface area contributed by atoms with Gasteiger partial charge in [0.25, 0.3) is 0 Å². The van der Waals surface area contributed by atoms with Crippen LogP contribution in [0.1, 0.15) is 17.5 Å². The van der Waals surface area contributed by atoms with E-state index in [9.17, 15) is 0 Å².